The fourth-order valence-electron chi connectivity index (χ4n) is 1.92. The summed E-state index contributed by atoms with van der Waals surface area (Å²) in [5, 5.41) is 3.96. The molecule has 1 aromatic carbocycles. The van der Waals surface area contributed by atoms with Crippen molar-refractivity contribution >= 4 is 21.4 Å². The largest absolute Gasteiger partial charge is 0.279 e. The Bertz CT molecular complexity index is 828. The Labute approximate surface area is 116 Å². The molecule has 0 amide bonds. The van der Waals surface area contributed by atoms with Crippen molar-refractivity contribution in [1.82, 2.24) is 14.6 Å². The summed E-state index contributed by atoms with van der Waals surface area (Å²) in [6.45, 7) is 0. The molecule has 2 aromatic heterocycles. The fraction of sp³-hybridized carbons (Fsp3) is 0.0769. The van der Waals surface area contributed by atoms with E-state index in [9.17, 15) is 8.42 Å². The molecular weight excluding hydrogens is 276 g/mol. The van der Waals surface area contributed by atoms with Gasteiger partial charge >= 0.3 is 0 Å². The van der Waals surface area contributed by atoms with Crippen LogP contribution in [-0.2, 0) is 15.8 Å². The number of sulfonamides is 1. The van der Waals surface area contributed by atoms with Crippen LogP contribution in [0.5, 0.6) is 0 Å². The Morgan fingerprint density at radius 3 is 2.70 bits per heavy atom. The van der Waals surface area contributed by atoms with Crippen LogP contribution in [0.2, 0.25) is 0 Å². The first-order valence-corrected chi connectivity index (χ1v) is 7.62. The second kappa shape index (κ2) is 4.93. The third-order valence-corrected chi connectivity index (χ3v) is 4.01. The maximum absolute atomic E-state index is 12.2. The van der Waals surface area contributed by atoms with Crippen LogP contribution in [0.3, 0.4) is 0 Å². The molecule has 0 saturated carbocycles. The van der Waals surface area contributed by atoms with E-state index < -0.39 is 10.0 Å². The first-order valence-electron chi connectivity index (χ1n) is 5.97. The molecule has 0 saturated heterocycles. The van der Waals surface area contributed by atoms with Crippen LogP contribution in [0.4, 0.5) is 5.69 Å². The minimum absolute atomic E-state index is 0.0803. The molecule has 0 bridgehead atoms. The first-order chi connectivity index (χ1) is 9.64. The summed E-state index contributed by atoms with van der Waals surface area (Å²) in [5.41, 5.74) is 1.62. The molecule has 0 aliphatic carbocycles. The van der Waals surface area contributed by atoms with Gasteiger partial charge in [0.1, 0.15) is 6.33 Å². The normalized spacial score (nSPS) is 11.6. The monoisotopic (exact) mass is 288 g/mol. The molecule has 3 rings (SSSR count). The molecule has 0 unspecified atom stereocenters. The van der Waals surface area contributed by atoms with E-state index >= 15 is 0 Å². The number of nitrogens with one attached hydrogen (secondary N) is 1. The van der Waals surface area contributed by atoms with Crippen molar-refractivity contribution in [2.24, 2.45) is 0 Å². The van der Waals surface area contributed by atoms with E-state index in [2.05, 4.69) is 14.8 Å². The summed E-state index contributed by atoms with van der Waals surface area (Å²) in [6, 6.07) is 12.4. The van der Waals surface area contributed by atoms with E-state index in [1.54, 1.807) is 30.5 Å². The first kappa shape index (κ1) is 12.6. The molecule has 0 fully saturated rings. The van der Waals surface area contributed by atoms with Crippen molar-refractivity contribution in [2.75, 3.05) is 4.72 Å². The summed E-state index contributed by atoms with van der Waals surface area (Å²) in [7, 11) is -3.49. The SMILES string of the molecule is O=S(=O)(Cc1ccccc1)Nc1cccn2ncnc12. The zero-order valence-corrected chi connectivity index (χ0v) is 11.3. The van der Waals surface area contributed by atoms with Crippen molar-refractivity contribution in [3.05, 3.63) is 60.6 Å². The van der Waals surface area contributed by atoms with E-state index in [1.807, 2.05) is 18.2 Å². The number of pyridine rings is 1. The van der Waals surface area contributed by atoms with Gasteiger partial charge in [0.2, 0.25) is 10.0 Å². The van der Waals surface area contributed by atoms with Gasteiger partial charge in [-0.1, -0.05) is 30.3 Å². The average molecular weight is 288 g/mol. The Hall–Kier alpha value is -2.41. The zero-order valence-electron chi connectivity index (χ0n) is 10.5. The van der Waals surface area contributed by atoms with Crippen molar-refractivity contribution in [3.8, 4) is 0 Å². The molecule has 0 radical (unpaired) electrons. The van der Waals surface area contributed by atoms with Gasteiger partial charge in [-0.25, -0.2) is 17.9 Å². The quantitative estimate of drug-likeness (QED) is 0.792. The Balaban J connectivity index is 1.88. The lowest BCUT2D eigenvalue weighted by Gasteiger charge is -2.08. The van der Waals surface area contributed by atoms with Crippen LogP contribution in [0, 0.1) is 0 Å². The van der Waals surface area contributed by atoms with Crippen molar-refractivity contribution < 1.29 is 8.42 Å². The van der Waals surface area contributed by atoms with Crippen molar-refractivity contribution in [2.45, 2.75) is 5.75 Å². The number of hydrogen-bond acceptors (Lipinski definition) is 4. The minimum atomic E-state index is -3.49. The molecule has 0 aliphatic heterocycles. The van der Waals surface area contributed by atoms with Gasteiger partial charge in [-0.2, -0.15) is 5.10 Å². The molecule has 102 valence electrons. The van der Waals surface area contributed by atoms with E-state index in [0.29, 0.717) is 11.3 Å². The average Bonchev–Trinajstić information content (AvgIpc) is 2.88. The van der Waals surface area contributed by atoms with Gasteiger partial charge in [0.25, 0.3) is 0 Å². The summed E-state index contributed by atoms with van der Waals surface area (Å²) in [6.07, 6.45) is 3.08. The lowest BCUT2D eigenvalue weighted by Crippen LogP contribution is -2.15. The summed E-state index contributed by atoms with van der Waals surface area (Å²) < 4.78 is 28.4. The van der Waals surface area contributed by atoms with Gasteiger partial charge in [-0.3, -0.25) is 4.72 Å². The molecular formula is C13H12N4O2S. The Kier molecular flexibility index (Phi) is 3.11. The molecule has 20 heavy (non-hydrogen) atoms. The van der Waals surface area contributed by atoms with Crippen molar-refractivity contribution in [1.29, 1.82) is 0 Å². The highest BCUT2D eigenvalue weighted by molar-refractivity contribution is 7.91. The standard InChI is InChI=1S/C13H12N4O2S/c18-20(19,9-11-5-2-1-3-6-11)16-12-7-4-8-17-13(12)14-10-15-17/h1-8,10,16H,9H2. The van der Waals surface area contributed by atoms with Crippen LogP contribution in [0.15, 0.2) is 55.0 Å². The number of benzene rings is 1. The lowest BCUT2D eigenvalue weighted by molar-refractivity contribution is 0.600. The van der Waals surface area contributed by atoms with E-state index in [1.165, 1.54) is 10.8 Å². The second-order valence-electron chi connectivity index (χ2n) is 4.30. The number of hydrogen-bond donors (Lipinski definition) is 1. The highest BCUT2D eigenvalue weighted by atomic mass is 32.2. The van der Waals surface area contributed by atoms with Gasteiger partial charge in [-0.05, 0) is 17.7 Å². The Morgan fingerprint density at radius 1 is 1.10 bits per heavy atom. The number of aromatic nitrogens is 3. The molecule has 6 nitrogen and oxygen atoms in total. The summed E-state index contributed by atoms with van der Waals surface area (Å²) in [5.74, 6) is -0.0803. The predicted octanol–water partition coefficient (Wildman–Crippen LogP) is 1.67. The topological polar surface area (TPSA) is 76.4 Å². The zero-order chi connectivity index (χ0) is 14.0. The van der Waals surface area contributed by atoms with Gasteiger partial charge in [0.15, 0.2) is 5.65 Å². The molecule has 0 spiro atoms. The molecule has 7 heteroatoms. The van der Waals surface area contributed by atoms with Gasteiger partial charge < -0.3 is 0 Å². The van der Waals surface area contributed by atoms with Crippen LogP contribution >= 0.6 is 0 Å². The third kappa shape index (κ3) is 2.62. The molecule has 0 atom stereocenters. The number of anilines is 1. The van der Waals surface area contributed by atoms with Gasteiger partial charge in [0, 0.05) is 6.20 Å². The smallest absolute Gasteiger partial charge is 0.237 e. The maximum Gasteiger partial charge on any atom is 0.237 e. The van der Waals surface area contributed by atoms with E-state index in [-0.39, 0.29) is 5.75 Å². The third-order valence-electron chi connectivity index (χ3n) is 2.77. The van der Waals surface area contributed by atoms with Crippen LogP contribution in [0.25, 0.3) is 5.65 Å². The molecule has 2 heterocycles. The lowest BCUT2D eigenvalue weighted by atomic mass is 10.2. The van der Waals surface area contributed by atoms with E-state index in [0.717, 1.165) is 5.56 Å². The highest BCUT2D eigenvalue weighted by Crippen LogP contribution is 2.16. The van der Waals surface area contributed by atoms with Gasteiger partial charge in [0.05, 0.1) is 11.4 Å². The second-order valence-corrected chi connectivity index (χ2v) is 6.02. The minimum Gasteiger partial charge on any atom is -0.279 e. The van der Waals surface area contributed by atoms with Gasteiger partial charge in [-0.15, -0.1) is 0 Å². The van der Waals surface area contributed by atoms with Crippen LogP contribution < -0.4 is 4.72 Å². The van der Waals surface area contributed by atoms with Crippen LogP contribution in [-0.4, -0.2) is 23.0 Å². The summed E-state index contributed by atoms with van der Waals surface area (Å²) in [4.78, 5) is 4.03. The molecule has 1 N–H and O–H groups in total. The van der Waals surface area contributed by atoms with E-state index in [4.69, 9.17) is 0 Å². The fourth-order valence-corrected chi connectivity index (χ4v) is 3.12. The number of fused-ring (bicyclic) bond motifs is 1. The number of rotatable bonds is 4. The molecule has 3 aromatic rings. The predicted molar refractivity (Wildman–Crippen MR) is 75.7 cm³/mol. The van der Waals surface area contributed by atoms with Crippen LogP contribution in [0.1, 0.15) is 5.56 Å². The number of nitrogens with zero attached hydrogens (tertiary/aromatic N) is 3. The maximum atomic E-state index is 12.2. The summed E-state index contributed by atoms with van der Waals surface area (Å²) >= 11 is 0. The highest BCUT2D eigenvalue weighted by Gasteiger charge is 2.14. The van der Waals surface area contributed by atoms with Crippen molar-refractivity contribution in [3.63, 3.8) is 0 Å². The Morgan fingerprint density at radius 2 is 1.90 bits per heavy atom. The molecule has 0 aliphatic rings.